The van der Waals surface area contributed by atoms with Gasteiger partial charge in [0.25, 0.3) is 0 Å². The third-order valence-electron chi connectivity index (χ3n) is 7.06. The van der Waals surface area contributed by atoms with E-state index in [4.69, 9.17) is 0 Å². The van der Waals surface area contributed by atoms with Gasteiger partial charge in [0.15, 0.2) is 0 Å². The average Bonchev–Trinajstić information content (AvgIpc) is 3.53. The maximum absolute atomic E-state index is 13.2. The lowest BCUT2D eigenvalue weighted by molar-refractivity contribution is -0.118. The van der Waals surface area contributed by atoms with E-state index in [2.05, 4.69) is 59.2 Å². The van der Waals surface area contributed by atoms with Gasteiger partial charge in [-0.1, -0.05) is 48.0 Å². The number of likely N-dealkylation sites (tertiary alicyclic amines) is 1. The molecule has 1 saturated carbocycles. The molecule has 0 bridgehead atoms. The fourth-order valence-corrected chi connectivity index (χ4v) is 5.22. The van der Waals surface area contributed by atoms with E-state index in [1.165, 1.54) is 61.2 Å². The summed E-state index contributed by atoms with van der Waals surface area (Å²) in [5.41, 5.74) is 5.31. The van der Waals surface area contributed by atoms with Gasteiger partial charge in [-0.3, -0.25) is 4.79 Å². The van der Waals surface area contributed by atoms with E-state index in [0.29, 0.717) is 6.42 Å². The van der Waals surface area contributed by atoms with Gasteiger partial charge >= 0.3 is 0 Å². The van der Waals surface area contributed by atoms with Crippen molar-refractivity contribution in [2.75, 3.05) is 24.5 Å². The van der Waals surface area contributed by atoms with Crippen molar-refractivity contribution in [3.8, 4) is 0 Å². The van der Waals surface area contributed by atoms with Crippen LogP contribution in [-0.2, 0) is 16.6 Å². The van der Waals surface area contributed by atoms with Crippen molar-refractivity contribution in [2.24, 2.45) is 0 Å². The molecule has 0 aromatic heterocycles. The summed E-state index contributed by atoms with van der Waals surface area (Å²) in [7, 11) is 0. The van der Waals surface area contributed by atoms with Crippen molar-refractivity contribution in [3.05, 3.63) is 65.2 Å². The van der Waals surface area contributed by atoms with Crippen LogP contribution in [-0.4, -0.2) is 36.5 Å². The lowest BCUT2D eigenvalue weighted by Gasteiger charge is -2.40. The summed E-state index contributed by atoms with van der Waals surface area (Å²) in [6.07, 6.45) is 6.53. The quantitative estimate of drug-likeness (QED) is 0.788. The van der Waals surface area contributed by atoms with Crippen LogP contribution in [0.3, 0.4) is 0 Å². The molecule has 3 aliphatic rings. The van der Waals surface area contributed by atoms with Crippen LogP contribution >= 0.6 is 0 Å². The van der Waals surface area contributed by atoms with E-state index in [1.807, 2.05) is 6.07 Å². The third-order valence-corrected chi connectivity index (χ3v) is 7.06. The first-order chi connectivity index (χ1) is 13.6. The number of nitrogens with zero attached hydrogens (tertiary/aromatic N) is 2. The van der Waals surface area contributed by atoms with Crippen LogP contribution < -0.4 is 4.90 Å². The van der Waals surface area contributed by atoms with Crippen LogP contribution in [0.25, 0.3) is 0 Å². The van der Waals surface area contributed by atoms with Gasteiger partial charge in [-0.2, -0.15) is 0 Å². The number of aryl methyl sites for hydroxylation is 2. The van der Waals surface area contributed by atoms with E-state index in [0.717, 1.165) is 19.0 Å². The predicted octanol–water partition coefficient (Wildman–Crippen LogP) is 4.47. The lowest BCUT2D eigenvalue weighted by atomic mass is 9.74. The van der Waals surface area contributed by atoms with E-state index >= 15 is 0 Å². The zero-order valence-electron chi connectivity index (χ0n) is 16.9. The van der Waals surface area contributed by atoms with E-state index < -0.39 is 0 Å². The number of fused-ring (bicyclic) bond motifs is 2. The van der Waals surface area contributed by atoms with Crippen LogP contribution in [0.2, 0.25) is 0 Å². The van der Waals surface area contributed by atoms with Crippen LogP contribution in [0, 0.1) is 6.92 Å². The fourth-order valence-electron chi connectivity index (χ4n) is 5.22. The second-order valence-electron chi connectivity index (χ2n) is 9.03. The Bertz CT molecular complexity index is 863. The van der Waals surface area contributed by atoms with E-state index in [-0.39, 0.29) is 11.3 Å². The van der Waals surface area contributed by atoms with Gasteiger partial charge in [0.1, 0.15) is 0 Å². The molecule has 2 aliphatic heterocycles. The van der Waals surface area contributed by atoms with Gasteiger partial charge in [0.05, 0.1) is 0 Å². The molecule has 0 unspecified atom stereocenters. The van der Waals surface area contributed by atoms with Crippen molar-refractivity contribution in [2.45, 2.75) is 56.9 Å². The van der Waals surface area contributed by atoms with Crippen LogP contribution in [0.15, 0.2) is 48.5 Å². The molecule has 1 spiro atoms. The Hall–Kier alpha value is -2.13. The number of anilines is 1. The number of carbonyl (C=O) groups excluding carboxylic acids is 1. The fraction of sp³-hybridized carbons (Fsp3) is 0.480. The van der Waals surface area contributed by atoms with Crippen molar-refractivity contribution >= 4 is 11.6 Å². The Morgan fingerprint density at radius 2 is 1.82 bits per heavy atom. The van der Waals surface area contributed by atoms with Crippen LogP contribution in [0.4, 0.5) is 5.69 Å². The van der Waals surface area contributed by atoms with Gasteiger partial charge < -0.3 is 9.80 Å². The van der Waals surface area contributed by atoms with Gasteiger partial charge in [-0.15, -0.1) is 0 Å². The second kappa shape index (κ2) is 7.04. The minimum absolute atomic E-state index is 0.162. The number of amides is 1. The maximum atomic E-state index is 13.2. The van der Waals surface area contributed by atoms with Gasteiger partial charge in [0, 0.05) is 30.1 Å². The van der Waals surface area contributed by atoms with Gasteiger partial charge in [0.2, 0.25) is 5.91 Å². The molecule has 1 aliphatic carbocycles. The molecule has 0 N–H and O–H groups in total. The molecule has 28 heavy (non-hydrogen) atoms. The molecule has 1 saturated heterocycles. The minimum atomic E-state index is 0.162. The second-order valence-corrected chi connectivity index (χ2v) is 9.03. The molecule has 2 aromatic rings. The highest BCUT2D eigenvalue weighted by molar-refractivity contribution is 5.96. The Balaban J connectivity index is 1.36. The smallest absolute Gasteiger partial charge is 0.227 e. The summed E-state index contributed by atoms with van der Waals surface area (Å²) in [6, 6.07) is 17.9. The van der Waals surface area contributed by atoms with E-state index in [1.54, 1.807) is 0 Å². The van der Waals surface area contributed by atoms with E-state index in [9.17, 15) is 4.79 Å². The number of rotatable bonds is 4. The van der Waals surface area contributed by atoms with Crippen molar-refractivity contribution < 1.29 is 4.79 Å². The Morgan fingerprint density at radius 1 is 1.07 bits per heavy atom. The first kappa shape index (κ1) is 17.9. The Morgan fingerprint density at radius 3 is 2.54 bits per heavy atom. The standard InChI is InChI=1S/C25H30N2O/c1-19-7-11-23-22(17-19)25(13-15-26(16-14-25)21-9-10-21)18-27(23)24(28)12-8-20-5-3-2-4-6-20/h2-7,11,17,21H,8-10,12-16,18H2,1H3. The number of carbonyl (C=O) groups is 1. The zero-order valence-corrected chi connectivity index (χ0v) is 16.9. The highest BCUT2D eigenvalue weighted by atomic mass is 16.2. The third kappa shape index (κ3) is 3.26. The summed E-state index contributed by atoms with van der Waals surface area (Å²) in [5.74, 6) is 0.274. The number of benzene rings is 2. The molecule has 0 atom stereocenters. The molecule has 146 valence electrons. The highest BCUT2D eigenvalue weighted by Gasteiger charge is 2.47. The normalized spacial score (nSPS) is 21.1. The molecule has 3 nitrogen and oxygen atoms in total. The molecule has 1 amide bonds. The molecule has 5 rings (SSSR count). The molecule has 2 heterocycles. The highest BCUT2D eigenvalue weighted by Crippen LogP contribution is 2.48. The Kier molecular flexibility index (Phi) is 4.51. The summed E-state index contributed by atoms with van der Waals surface area (Å²) in [5, 5.41) is 0. The topological polar surface area (TPSA) is 23.6 Å². The first-order valence-corrected chi connectivity index (χ1v) is 10.8. The van der Waals surface area contributed by atoms with Crippen molar-refractivity contribution in [1.82, 2.24) is 4.90 Å². The zero-order chi connectivity index (χ0) is 19.1. The molecular weight excluding hydrogens is 344 g/mol. The molecule has 2 aromatic carbocycles. The van der Waals surface area contributed by atoms with Crippen LogP contribution in [0.1, 0.15) is 48.8 Å². The molecular formula is C25H30N2O. The van der Waals surface area contributed by atoms with Gasteiger partial charge in [-0.05, 0) is 69.3 Å². The maximum Gasteiger partial charge on any atom is 0.227 e. The summed E-state index contributed by atoms with van der Waals surface area (Å²) in [6.45, 7) is 5.42. The number of hydrogen-bond donors (Lipinski definition) is 0. The number of hydrogen-bond acceptors (Lipinski definition) is 2. The van der Waals surface area contributed by atoms with Crippen molar-refractivity contribution in [3.63, 3.8) is 0 Å². The minimum Gasteiger partial charge on any atom is -0.311 e. The molecule has 3 heteroatoms. The van der Waals surface area contributed by atoms with Crippen molar-refractivity contribution in [1.29, 1.82) is 0 Å². The first-order valence-electron chi connectivity index (χ1n) is 10.8. The molecule has 2 fully saturated rings. The van der Waals surface area contributed by atoms with Gasteiger partial charge in [-0.25, -0.2) is 0 Å². The summed E-state index contributed by atoms with van der Waals surface area (Å²) >= 11 is 0. The number of piperidine rings is 1. The molecule has 0 radical (unpaired) electrons. The summed E-state index contributed by atoms with van der Waals surface area (Å²) < 4.78 is 0. The lowest BCUT2D eigenvalue weighted by Crippen LogP contribution is -2.46. The van der Waals surface area contributed by atoms with Crippen LogP contribution in [0.5, 0.6) is 0 Å². The summed E-state index contributed by atoms with van der Waals surface area (Å²) in [4.78, 5) is 18.0. The largest absolute Gasteiger partial charge is 0.311 e. The predicted molar refractivity (Wildman–Crippen MR) is 114 cm³/mol. The SMILES string of the molecule is Cc1ccc2c(c1)C1(CCN(C3CC3)CC1)CN2C(=O)CCc1ccccc1. The Labute approximate surface area is 168 Å². The average molecular weight is 375 g/mol. The monoisotopic (exact) mass is 374 g/mol.